The Labute approximate surface area is 152 Å². The van der Waals surface area contributed by atoms with Crippen LogP contribution in [0.4, 0.5) is 0 Å². The third kappa shape index (κ3) is 4.01. The maximum atomic E-state index is 12.4. The lowest BCUT2D eigenvalue weighted by Gasteiger charge is -2.36. The van der Waals surface area contributed by atoms with E-state index in [1.165, 1.54) is 11.3 Å². The first-order valence-electron chi connectivity index (χ1n) is 8.42. The van der Waals surface area contributed by atoms with Crippen molar-refractivity contribution in [3.8, 4) is 11.8 Å². The fraction of sp³-hybridized carbons (Fsp3) is 0.368. The van der Waals surface area contributed by atoms with Gasteiger partial charge >= 0.3 is 0 Å². The summed E-state index contributed by atoms with van der Waals surface area (Å²) in [5.41, 5.74) is 0.962. The van der Waals surface area contributed by atoms with Gasteiger partial charge in [0.05, 0.1) is 17.6 Å². The smallest absolute Gasteiger partial charge is 0.264 e. The van der Waals surface area contributed by atoms with Crippen molar-refractivity contribution in [2.24, 2.45) is 0 Å². The largest absolute Gasteiger partial charge is 0.494 e. The van der Waals surface area contributed by atoms with Crippen LogP contribution in [0.1, 0.15) is 28.2 Å². The Morgan fingerprint density at radius 2 is 1.96 bits per heavy atom. The zero-order valence-corrected chi connectivity index (χ0v) is 15.0. The van der Waals surface area contributed by atoms with Crippen LogP contribution in [0, 0.1) is 11.3 Å². The van der Waals surface area contributed by atoms with Crippen molar-refractivity contribution >= 4 is 17.2 Å². The van der Waals surface area contributed by atoms with Gasteiger partial charge in [0.15, 0.2) is 0 Å². The highest BCUT2D eigenvalue weighted by atomic mass is 32.1. The van der Waals surface area contributed by atoms with Crippen molar-refractivity contribution in [1.82, 2.24) is 9.80 Å². The van der Waals surface area contributed by atoms with Crippen molar-refractivity contribution in [1.29, 1.82) is 5.26 Å². The highest BCUT2D eigenvalue weighted by Gasteiger charge is 2.27. The Hall–Kier alpha value is -2.36. The minimum atomic E-state index is -0.297. The quantitative estimate of drug-likeness (QED) is 0.827. The zero-order valence-electron chi connectivity index (χ0n) is 14.2. The van der Waals surface area contributed by atoms with Crippen molar-refractivity contribution in [2.45, 2.75) is 13.0 Å². The Morgan fingerprint density at radius 3 is 2.52 bits per heavy atom. The molecule has 1 atom stereocenters. The summed E-state index contributed by atoms with van der Waals surface area (Å²) in [6.07, 6.45) is 0. The fourth-order valence-corrected chi connectivity index (χ4v) is 3.71. The lowest BCUT2D eigenvalue weighted by Crippen LogP contribution is -2.49. The van der Waals surface area contributed by atoms with Gasteiger partial charge in [0.1, 0.15) is 11.8 Å². The van der Waals surface area contributed by atoms with Gasteiger partial charge in [0.2, 0.25) is 0 Å². The number of nitrogens with zero attached hydrogens (tertiary/aromatic N) is 3. The number of carbonyl (C=O) groups is 1. The molecule has 1 amide bonds. The summed E-state index contributed by atoms with van der Waals surface area (Å²) in [6, 6.07) is 13.5. The molecular formula is C19H21N3O2S. The minimum Gasteiger partial charge on any atom is -0.494 e. The molecule has 1 aromatic carbocycles. The lowest BCUT2D eigenvalue weighted by atomic mass is 10.1. The summed E-state index contributed by atoms with van der Waals surface area (Å²) < 4.78 is 5.46. The maximum absolute atomic E-state index is 12.4. The number of rotatable bonds is 5. The SMILES string of the molecule is CCOc1ccc(C(C#N)N2CCN(C(=O)c3cccs3)CC2)cc1. The molecule has 1 aromatic heterocycles. The summed E-state index contributed by atoms with van der Waals surface area (Å²) >= 11 is 1.47. The predicted octanol–water partition coefficient (Wildman–Crippen LogP) is 3.17. The van der Waals surface area contributed by atoms with Gasteiger partial charge in [0.25, 0.3) is 5.91 Å². The molecule has 1 unspecified atom stereocenters. The van der Waals surface area contributed by atoms with Crippen LogP contribution in [-0.2, 0) is 0 Å². The van der Waals surface area contributed by atoms with Gasteiger partial charge < -0.3 is 9.64 Å². The number of carbonyl (C=O) groups excluding carboxylic acids is 1. The third-order valence-corrected chi connectivity index (χ3v) is 5.19. The van der Waals surface area contributed by atoms with E-state index in [4.69, 9.17) is 4.74 Å². The molecule has 0 N–H and O–H groups in total. The first-order valence-corrected chi connectivity index (χ1v) is 9.30. The summed E-state index contributed by atoms with van der Waals surface area (Å²) in [7, 11) is 0. The molecule has 1 fully saturated rings. The van der Waals surface area contributed by atoms with Crippen molar-refractivity contribution in [2.75, 3.05) is 32.8 Å². The van der Waals surface area contributed by atoms with Gasteiger partial charge in [-0.3, -0.25) is 9.69 Å². The van der Waals surface area contributed by atoms with Crippen LogP contribution in [0.5, 0.6) is 5.75 Å². The van der Waals surface area contributed by atoms with E-state index in [1.807, 2.05) is 53.6 Å². The maximum Gasteiger partial charge on any atom is 0.264 e. The lowest BCUT2D eigenvalue weighted by molar-refractivity contribution is 0.0611. The number of piperazine rings is 1. The molecule has 0 aliphatic carbocycles. The van der Waals surface area contributed by atoms with Gasteiger partial charge in [-0.25, -0.2) is 0 Å². The van der Waals surface area contributed by atoms with Crippen molar-refractivity contribution < 1.29 is 9.53 Å². The van der Waals surface area contributed by atoms with E-state index in [9.17, 15) is 10.1 Å². The molecule has 0 spiro atoms. The second-order valence-electron chi connectivity index (χ2n) is 5.84. The van der Waals surface area contributed by atoms with Crippen LogP contribution in [-0.4, -0.2) is 48.5 Å². The predicted molar refractivity (Wildman–Crippen MR) is 97.8 cm³/mol. The normalized spacial score (nSPS) is 16.2. The molecule has 1 aliphatic heterocycles. The summed E-state index contributed by atoms with van der Waals surface area (Å²) in [6.45, 7) is 5.26. The van der Waals surface area contributed by atoms with Crippen LogP contribution in [0.3, 0.4) is 0 Å². The summed E-state index contributed by atoms with van der Waals surface area (Å²) in [5, 5.41) is 11.5. The molecule has 5 nitrogen and oxygen atoms in total. The first kappa shape index (κ1) is 17.5. The number of amides is 1. The molecule has 2 aromatic rings. The van der Waals surface area contributed by atoms with Crippen LogP contribution in [0.2, 0.25) is 0 Å². The Kier molecular flexibility index (Phi) is 5.69. The van der Waals surface area contributed by atoms with E-state index in [1.54, 1.807) is 0 Å². The molecule has 1 saturated heterocycles. The van der Waals surface area contributed by atoms with Gasteiger partial charge in [-0.15, -0.1) is 11.3 Å². The topological polar surface area (TPSA) is 56.6 Å². The number of ether oxygens (including phenoxy) is 1. The molecule has 6 heteroatoms. The van der Waals surface area contributed by atoms with E-state index in [0.29, 0.717) is 32.8 Å². The van der Waals surface area contributed by atoms with E-state index in [-0.39, 0.29) is 11.9 Å². The average molecular weight is 355 g/mol. The number of hydrogen-bond donors (Lipinski definition) is 0. The standard InChI is InChI=1S/C19H21N3O2S/c1-2-24-16-7-5-15(6-8-16)17(14-20)21-9-11-22(12-10-21)19(23)18-4-3-13-25-18/h3-8,13,17H,2,9-12H2,1H3. The number of thiophene rings is 1. The van der Waals surface area contributed by atoms with E-state index in [0.717, 1.165) is 16.2 Å². The molecule has 0 radical (unpaired) electrons. The van der Waals surface area contributed by atoms with Gasteiger partial charge in [0, 0.05) is 26.2 Å². The summed E-state index contributed by atoms with van der Waals surface area (Å²) in [5.74, 6) is 0.901. The van der Waals surface area contributed by atoms with Crippen LogP contribution in [0.25, 0.3) is 0 Å². The molecule has 3 rings (SSSR count). The van der Waals surface area contributed by atoms with Crippen LogP contribution in [0.15, 0.2) is 41.8 Å². The molecule has 25 heavy (non-hydrogen) atoms. The number of hydrogen-bond acceptors (Lipinski definition) is 5. The number of benzene rings is 1. The molecule has 0 saturated carbocycles. The van der Waals surface area contributed by atoms with Gasteiger partial charge in [-0.2, -0.15) is 5.26 Å². The monoisotopic (exact) mass is 355 g/mol. The van der Waals surface area contributed by atoms with E-state index in [2.05, 4.69) is 11.0 Å². The Bertz CT molecular complexity index is 729. The second kappa shape index (κ2) is 8.15. The molecular weight excluding hydrogens is 334 g/mol. The van der Waals surface area contributed by atoms with Gasteiger partial charge in [-0.05, 0) is 36.1 Å². The van der Waals surface area contributed by atoms with E-state index >= 15 is 0 Å². The van der Waals surface area contributed by atoms with E-state index < -0.39 is 0 Å². The third-order valence-electron chi connectivity index (χ3n) is 4.33. The zero-order chi connectivity index (χ0) is 17.6. The molecule has 1 aliphatic rings. The molecule has 0 bridgehead atoms. The Balaban J connectivity index is 1.62. The molecule has 2 heterocycles. The Morgan fingerprint density at radius 1 is 1.24 bits per heavy atom. The van der Waals surface area contributed by atoms with Crippen LogP contribution >= 0.6 is 11.3 Å². The second-order valence-corrected chi connectivity index (χ2v) is 6.79. The average Bonchev–Trinajstić information content (AvgIpc) is 3.19. The van der Waals surface area contributed by atoms with Crippen molar-refractivity contribution in [3.05, 3.63) is 52.2 Å². The fourth-order valence-electron chi connectivity index (χ4n) is 3.02. The summed E-state index contributed by atoms with van der Waals surface area (Å²) in [4.78, 5) is 17.2. The molecule has 130 valence electrons. The minimum absolute atomic E-state index is 0.0872. The first-order chi connectivity index (χ1) is 12.2. The highest BCUT2D eigenvalue weighted by Crippen LogP contribution is 2.24. The highest BCUT2D eigenvalue weighted by molar-refractivity contribution is 7.12. The number of nitriles is 1. The van der Waals surface area contributed by atoms with Gasteiger partial charge in [-0.1, -0.05) is 18.2 Å². The van der Waals surface area contributed by atoms with Crippen molar-refractivity contribution in [3.63, 3.8) is 0 Å². The van der Waals surface area contributed by atoms with Crippen LogP contribution < -0.4 is 4.74 Å².